The first kappa shape index (κ1) is 19.1. The summed E-state index contributed by atoms with van der Waals surface area (Å²) in [5.41, 5.74) is 6.24. The van der Waals surface area contributed by atoms with Gasteiger partial charge in [0.2, 0.25) is 0 Å². The Hall–Kier alpha value is -2.19. The van der Waals surface area contributed by atoms with Gasteiger partial charge in [-0.05, 0) is 38.3 Å². The van der Waals surface area contributed by atoms with Crippen LogP contribution in [0, 0.1) is 11.8 Å². The zero-order valence-corrected chi connectivity index (χ0v) is 16.6. The van der Waals surface area contributed by atoms with Crippen LogP contribution in [0.15, 0.2) is 28.7 Å². The Labute approximate surface area is 163 Å². The van der Waals surface area contributed by atoms with Crippen LogP contribution in [0.5, 0.6) is 0 Å². The van der Waals surface area contributed by atoms with E-state index in [-0.39, 0.29) is 48.0 Å². The molecule has 0 amide bonds. The Morgan fingerprint density at radius 1 is 1.36 bits per heavy atom. The molecule has 1 aromatic rings. The summed E-state index contributed by atoms with van der Waals surface area (Å²) in [6.45, 7) is 7.35. The fourth-order valence-corrected chi connectivity index (χ4v) is 4.57. The average molecular weight is 389 g/mol. The summed E-state index contributed by atoms with van der Waals surface area (Å²) in [6.07, 6.45) is 4.28. The summed E-state index contributed by atoms with van der Waals surface area (Å²) in [6, 6.07) is 1.24. The summed E-state index contributed by atoms with van der Waals surface area (Å²) in [7, 11) is 0. The van der Waals surface area contributed by atoms with E-state index in [1.54, 1.807) is 16.8 Å². The maximum Gasteiger partial charge on any atom is 0.350 e. The highest BCUT2D eigenvalue weighted by atomic mass is 16.8. The fraction of sp³-hybridized carbons (Fsp3) is 0.650. The van der Waals surface area contributed by atoms with Crippen LogP contribution in [0.4, 0.5) is 5.82 Å². The van der Waals surface area contributed by atoms with Crippen LogP contribution >= 0.6 is 0 Å². The van der Waals surface area contributed by atoms with Gasteiger partial charge in [-0.25, -0.2) is 4.79 Å². The van der Waals surface area contributed by atoms with E-state index in [1.807, 2.05) is 27.7 Å². The van der Waals surface area contributed by atoms with Crippen molar-refractivity contribution in [2.75, 3.05) is 5.73 Å². The van der Waals surface area contributed by atoms with E-state index in [0.29, 0.717) is 0 Å². The molecule has 2 N–H and O–H groups in total. The highest BCUT2D eigenvalue weighted by molar-refractivity contribution is 5.71. The van der Waals surface area contributed by atoms with E-state index < -0.39 is 11.5 Å². The van der Waals surface area contributed by atoms with Crippen molar-refractivity contribution in [3.05, 3.63) is 34.4 Å². The highest BCUT2D eigenvalue weighted by Crippen LogP contribution is 2.53. The minimum Gasteiger partial charge on any atom is -0.461 e. The third-order valence-electron chi connectivity index (χ3n) is 5.68. The number of carbonyl (C=O) groups excluding carboxylic acids is 1. The number of hydrogen-bond donors (Lipinski definition) is 1. The molecule has 1 saturated carbocycles. The number of nitrogens with zero attached hydrogens (tertiary/aromatic N) is 2. The molecule has 1 saturated heterocycles. The van der Waals surface area contributed by atoms with E-state index in [9.17, 15) is 9.59 Å². The molecule has 4 rings (SSSR count). The lowest BCUT2D eigenvalue weighted by Gasteiger charge is -2.34. The molecule has 0 unspecified atom stereocenters. The summed E-state index contributed by atoms with van der Waals surface area (Å²) in [5, 5.41) is 0. The van der Waals surface area contributed by atoms with Gasteiger partial charge in [-0.15, -0.1) is 0 Å². The Morgan fingerprint density at radius 3 is 2.75 bits per heavy atom. The van der Waals surface area contributed by atoms with Crippen molar-refractivity contribution in [1.82, 2.24) is 9.55 Å². The van der Waals surface area contributed by atoms with Crippen LogP contribution in [0.25, 0.3) is 0 Å². The van der Waals surface area contributed by atoms with Crippen molar-refractivity contribution in [3.63, 3.8) is 0 Å². The summed E-state index contributed by atoms with van der Waals surface area (Å²) >= 11 is 0. The third kappa shape index (κ3) is 3.14. The van der Waals surface area contributed by atoms with Crippen LogP contribution < -0.4 is 11.4 Å². The molecule has 0 aromatic carbocycles. The lowest BCUT2D eigenvalue weighted by molar-refractivity contribution is -0.169. The number of allylic oxidation sites excluding steroid dienone is 1. The van der Waals surface area contributed by atoms with Crippen molar-refractivity contribution in [2.24, 2.45) is 11.8 Å². The van der Waals surface area contributed by atoms with Gasteiger partial charge in [0.15, 0.2) is 5.79 Å². The molecule has 152 valence electrons. The second kappa shape index (κ2) is 6.70. The maximum atomic E-state index is 12.6. The van der Waals surface area contributed by atoms with Crippen molar-refractivity contribution >= 4 is 11.8 Å². The molecule has 3 aliphatic rings. The van der Waals surface area contributed by atoms with Gasteiger partial charge in [-0.2, -0.15) is 4.98 Å². The molecule has 5 atom stereocenters. The SMILES string of the molecule is CC(C)C(=O)O[C@@H]1CCC=C2[C@H]1[C@H]1OC(C)(C)O[C@H]1[C@@H]2n1ccc(N)nc1=O. The predicted octanol–water partition coefficient (Wildman–Crippen LogP) is 1.80. The largest absolute Gasteiger partial charge is 0.461 e. The van der Waals surface area contributed by atoms with Crippen LogP contribution in [-0.2, 0) is 19.0 Å². The standard InChI is InChI=1S/C20H27N3O5/c1-10(2)18(24)26-12-7-5-6-11-14(12)16-17(28-20(3,4)27-16)15(11)23-9-8-13(21)22-19(23)25/h6,8-10,12,14-17H,5,7H2,1-4H3,(H2,21,22,25)/t12-,14-,15-,16-,17+/m1/s1. The minimum absolute atomic E-state index is 0.155. The Kier molecular flexibility index (Phi) is 4.58. The molecule has 2 heterocycles. The number of aromatic nitrogens is 2. The molecule has 2 fully saturated rings. The van der Waals surface area contributed by atoms with Gasteiger partial charge in [-0.1, -0.05) is 19.9 Å². The van der Waals surface area contributed by atoms with Crippen LogP contribution in [0.1, 0.15) is 46.6 Å². The molecular weight excluding hydrogens is 362 g/mol. The van der Waals surface area contributed by atoms with Crippen molar-refractivity contribution in [1.29, 1.82) is 0 Å². The van der Waals surface area contributed by atoms with E-state index >= 15 is 0 Å². The van der Waals surface area contributed by atoms with E-state index in [4.69, 9.17) is 19.9 Å². The summed E-state index contributed by atoms with van der Waals surface area (Å²) in [4.78, 5) is 28.7. The average Bonchev–Trinajstić information content (AvgIpc) is 3.06. The van der Waals surface area contributed by atoms with E-state index in [1.165, 1.54) is 0 Å². The molecule has 1 aliphatic heterocycles. The van der Waals surface area contributed by atoms with Gasteiger partial charge in [0.1, 0.15) is 18.0 Å². The van der Waals surface area contributed by atoms with Crippen molar-refractivity contribution in [3.8, 4) is 0 Å². The summed E-state index contributed by atoms with van der Waals surface area (Å²) in [5.74, 6) is -1.19. The minimum atomic E-state index is -0.784. The quantitative estimate of drug-likeness (QED) is 0.621. The zero-order chi connectivity index (χ0) is 20.2. The topological polar surface area (TPSA) is 106 Å². The molecule has 2 aliphatic carbocycles. The number of nitrogens with two attached hydrogens (primary N) is 1. The maximum absolute atomic E-state index is 12.6. The van der Waals surface area contributed by atoms with Crippen molar-refractivity contribution < 1.29 is 19.0 Å². The van der Waals surface area contributed by atoms with Gasteiger partial charge >= 0.3 is 11.7 Å². The molecule has 8 nitrogen and oxygen atoms in total. The third-order valence-corrected chi connectivity index (χ3v) is 5.68. The van der Waals surface area contributed by atoms with Gasteiger partial charge in [0, 0.05) is 12.1 Å². The Morgan fingerprint density at radius 2 is 2.07 bits per heavy atom. The second-order valence-corrected chi connectivity index (χ2v) is 8.49. The van der Waals surface area contributed by atoms with Gasteiger partial charge in [0.05, 0.1) is 18.1 Å². The smallest absolute Gasteiger partial charge is 0.350 e. The van der Waals surface area contributed by atoms with Crippen LogP contribution in [0.2, 0.25) is 0 Å². The molecule has 0 radical (unpaired) electrons. The number of anilines is 1. The van der Waals surface area contributed by atoms with E-state index in [2.05, 4.69) is 11.1 Å². The van der Waals surface area contributed by atoms with Gasteiger partial charge in [0.25, 0.3) is 0 Å². The number of fused-ring (bicyclic) bond motifs is 3. The molecule has 8 heteroatoms. The van der Waals surface area contributed by atoms with Gasteiger partial charge in [-0.3, -0.25) is 9.36 Å². The number of ether oxygens (including phenoxy) is 3. The molecule has 1 aromatic heterocycles. The van der Waals surface area contributed by atoms with E-state index in [0.717, 1.165) is 18.4 Å². The number of carbonyl (C=O) groups is 1. The molecule has 28 heavy (non-hydrogen) atoms. The molecule has 0 bridgehead atoms. The van der Waals surface area contributed by atoms with Crippen LogP contribution in [0.3, 0.4) is 0 Å². The number of nitrogen functional groups attached to an aromatic ring is 1. The Balaban J connectivity index is 1.75. The van der Waals surface area contributed by atoms with Crippen molar-refractivity contribution in [2.45, 2.75) is 70.7 Å². The predicted molar refractivity (Wildman–Crippen MR) is 101 cm³/mol. The fourth-order valence-electron chi connectivity index (χ4n) is 4.57. The first-order valence-corrected chi connectivity index (χ1v) is 9.78. The molecule has 0 spiro atoms. The highest BCUT2D eigenvalue weighted by Gasteiger charge is 2.60. The number of esters is 1. The Bertz CT molecular complexity index is 875. The number of hydrogen-bond acceptors (Lipinski definition) is 7. The summed E-state index contributed by atoms with van der Waals surface area (Å²) < 4.78 is 19.8. The number of rotatable bonds is 3. The molecular formula is C20H27N3O5. The normalized spacial score (nSPS) is 33.3. The lowest BCUT2D eigenvalue weighted by atomic mass is 9.85. The monoisotopic (exact) mass is 389 g/mol. The van der Waals surface area contributed by atoms with Gasteiger partial charge < -0.3 is 19.9 Å². The second-order valence-electron chi connectivity index (χ2n) is 8.49. The van der Waals surface area contributed by atoms with Crippen LogP contribution in [-0.4, -0.2) is 39.6 Å². The zero-order valence-electron chi connectivity index (χ0n) is 16.6. The first-order chi connectivity index (χ1) is 13.2. The first-order valence-electron chi connectivity index (χ1n) is 9.78. The lowest BCUT2D eigenvalue weighted by Crippen LogP contribution is -2.38.